The quantitative estimate of drug-likeness (QED) is 0.357. The van der Waals surface area contributed by atoms with Crippen molar-refractivity contribution in [1.29, 1.82) is 0 Å². The van der Waals surface area contributed by atoms with E-state index in [-0.39, 0.29) is 29.7 Å². The fraction of sp³-hybridized carbons (Fsp3) is 0.464. The van der Waals surface area contributed by atoms with Crippen LogP contribution in [0.15, 0.2) is 48.5 Å². The normalized spacial score (nSPS) is 20.3. The van der Waals surface area contributed by atoms with Gasteiger partial charge in [0.05, 0.1) is 11.9 Å². The van der Waals surface area contributed by atoms with Crippen molar-refractivity contribution in [3.05, 3.63) is 65.2 Å². The van der Waals surface area contributed by atoms with Gasteiger partial charge in [0.25, 0.3) is 11.8 Å². The Hall–Kier alpha value is -3.08. The highest BCUT2D eigenvalue weighted by molar-refractivity contribution is 8.00. The maximum Gasteiger partial charge on any atom is 0.348 e. The first-order chi connectivity index (χ1) is 18.1. The average molecular weight is 542 g/mol. The molecule has 38 heavy (non-hydrogen) atoms. The third-order valence-corrected chi connectivity index (χ3v) is 8.66. The number of aromatic hydroxyl groups is 1. The van der Waals surface area contributed by atoms with E-state index in [0.29, 0.717) is 5.56 Å². The second kappa shape index (κ2) is 11.8. The number of amides is 2. The molecule has 1 saturated heterocycles. The first-order valence-electron chi connectivity index (χ1n) is 12.8. The van der Waals surface area contributed by atoms with E-state index >= 15 is 0 Å². The Balaban J connectivity index is 1.55. The summed E-state index contributed by atoms with van der Waals surface area (Å²) in [6, 6.07) is 12.0. The van der Waals surface area contributed by atoms with Crippen LogP contribution in [0.25, 0.3) is 0 Å². The van der Waals surface area contributed by atoms with E-state index < -0.39 is 40.7 Å². The summed E-state index contributed by atoms with van der Waals surface area (Å²) in [4.78, 5) is 46.6. The molecule has 2 aliphatic rings. The number of nitrogens with zero attached hydrogens (tertiary/aromatic N) is 1. The van der Waals surface area contributed by atoms with Crippen LogP contribution in [0, 0.1) is 6.92 Å². The van der Waals surface area contributed by atoms with Crippen molar-refractivity contribution < 1.29 is 29.4 Å². The average Bonchev–Trinajstić information content (AvgIpc) is 3.18. The zero-order chi connectivity index (χ0) is 27.4. The summed E-state index contributed by atoms with van der Waals surface area (Å²) in [7, 11) is 0. The minimum Gasteiger partial charge on any atom is -0.508 e. The van der Waals surface area contributed by atoms with Crippen LogP contribution in [0.1, 0.15) is 54.6 Å². The van der Waals surface area contributed by atoms with E-state index in [9.17, 15) is 24.6 Å². The maximum absolute atomic E-state index is 13.7. The van der Waals surface area contributed by atoms with Gasteiger partial charge in [-0.2, -0.15) is 0 Å². The van der Waals surface area contributed by atoms with Crippen molar-refractivity contribution in [2.24, 2.45) is 0 Å². The largest absolute Gasteiger partial charge is 0.508 e. The minimum atomic E-state index is -1.62. The summed E-state index contributed by atoms with van der Waals surface area (Å²) in [5.41, 5.74) is 4.24. The smallest absolute Gasteiger partial charge is 0.348 e. The molecule has 0 spiro atoms. The van der Waals surface area contributed by atoms with Crippen LogP contribution in [0.4, 0.5) is 0 Å². The molecule has 2 amide bonds. The first-order valence-corrected chi connectivity index (χ1v) is 13.8. The number of thioether (sulfide) groups is 1. The van der Waals surface area contributed by atoms with Gasteiger partial charge in [-0.1, -0.05) is 42.8 Å². The number of carbonyl (C=O) groups is 3. The minimum absolute atomic E-state index is 0.0259. The van der Waals surface area contributed by atoms with E-state index in [1.807, 2.05) is 44.2 Å². The zero-order valence-electron chi connectivity index (χ0n) is 21.8. The molecule has 1 aliphatic carbocycles. The number of benzene rings is 2. The molecule has 0 aromatic heterocycles. The van der Waals surface area contributed by atoms with Gasteiger partial charge in [0, 0.05) is 21.9 Å². The number of phenolic OH excluding ortho intramolecular Hbond substituents is 1. The molecule has 1 saturated carbocycles. The molecular weight excluding hydrogens is 506 g/mol. The molecule has 204 valence electrons. The van der Waals surface area contributed by atoms with Gasteiger partial charge in [-0.3, -0.25) is 9.59 Å². The van der Waals surface area contributed by atoms with E-state index in [0.717, 1.165) is 24.8 Å². The Morgan fingerprint density at radius 2 is 1.84 bits per heavy atom. The number of hydroxylamine groups is 1. The zero-order valence-corrected chi connectivity index (χ0v) is 22.7. The van der Waals surface area contributed by atoms with Crippen molar-refractivity contribution >= 4 is 29.5 Å². The van der Waals surface area contributed by atoms with E-state index in [2.05, 4.69) is 10.8 Å². The molecule has 1 aliphatic heterocycles. The molecule has 2 aromatic carbocycles. The molecule has 0 bridgehead atoms. The highest BCUT2D eigenvalue weighted by atomic mass is 32.2. The predicted molar refractivity (Wildman–Crippen MR) is 144 cm³/mol. The fourth-order valence-electron chi connectivity index (χ4n) is 4.66. The Morgan fingerprint density at radius 3 is 2.50 bits per heavy atom. The maximum atomic E-state index is 13.7. The summed E-state index contributed by atoms with van der Waals surface area (Å²) in [5.74, 6) is -1.59. The Labute approximate surface area is 226 Å². The van der Waals surface area contributed by atoms with Gasteiger partial charge in [-0.25, -0.2) is 4.79 Å². The lowest BCUT2D eigenvalue weighted by Crippen LogP contribution is -2.58. The SMILES string of the molecule is Cc1c(O)cccc1C(=O)N[C@@H](Cc1ccccc1)[C@H](O)C(=O)N1CSC(C)(C)[C@H]1C(=O)ONC1CCC1. The van der Waals surface area contributed by atoms with Crippen molar-refractivity contribution in [3.63, 3.8) is 0 Å². The fourth-order valence-corrected chi connectivity index (χ4v) is 5.79. The van der Waals surface area contributed by atoms with Crippen molar-refractivity contribution in [3.8, 4) is 5.75 Å². The third-order valence-electron chi connectivity index (χ3n) is 7.28. The number of carbonyl (C=O) groups excluding carboxylic acids is 3. The number of aliphatic hydroxyl groups excluding tert-OH is 1. The summed E-state index contributed by atoms with van der Waals surface area (Å²) < 4.78 is -0.634. The lowest BCUT2D eigenvalue weighted by atomic mass is 9.94. The molecule has 2 aromatic rings. The molecule has 0 radical (unpaired) electrons. The Bertz CT molecular complexity index is 1170. The molecule has 10 heteroatoms. The molecule has 4 N–H and O–H groups in total. The summed E-state index contributed by atoms with van der Waals surface area (Å²) in [6.45, 7) is 5.34. The summed E-state index contributed by atoms with van der Waals surface area (Å²) >= 11 is 1.42. The molecule has 4 rings (SSSR count). The van der Waals surface area contributed by atoms with E-state index in [4.69, 9.17) is 4.84 Å². The second-order valence-electron chi connectivity index (χ2n) is 10.4. The van der Waals surface area contributed by atoms with Gasteiger partial charge >= 0.3 is 5.97 Å². The van der Waals surface area contributed by atoms with Crippen LogP contribution >= 0.6 is 11.8 Å². The number of phenols is 1. The monoisotopic (exact) mass is 541 g/mol. The topological polar surface area (TPSA) is 128 Å². The highest BCUT2D eigenvalue weighted by Gasteiger charge is 2.51. The highest BCUT2D eigenvalue weighted by Crippen LogP contribution is 2.40. The number of rotatable bonds is 9. The van der Waals surface area contributed by atoms with E-state index in [1.54, 1.807) is 19.1 Å². The molecule has 2 fully saturated rings. The molecule has 9 nitrogen and oxygen atoms in total. The number of hydrogen-bond acceptors (Lipinski definition) is 8. The van der Waals surface area contributed by atoms with Gasteiger partial charge in [0.1, 0.15) is 11.8 Å². The van der Waals surface area contributed by atoms with Gasteiger partial charge in [-0.15, -0.1) is 17.2 Å². The van der Waals surface area contributed by atoms with E-state index in [1.165, 1.54) is 22.7 Å². The van der Waals surface area contributed by atoms with Gasteiger partial charge in [0.2, 0.25) is 0 Å². The first kappa shape index (κ1) is 27.9. The van der Waals surface area contributed by atoms with Crippen molar-refractivity contribution in [1.82, 2.24) is 15.7 Å². The third kappa shape index (κ3) is 6.14. The van der Waals surface area contributed by atoms with Gasteiger partial charge in [-0.05, 0) is 57.7 Å². The molecule has 3 atom stereocenters. The molecule has 1 heterocycles. The number of aliphatic hydroxyl groups is 1. The standard InChI is InChI=1S/C28H35N3O6S/c1-17-20(13-8-14-22(17)32)25(34)29-21(15-18-9-5-4-6-10-18)23(33)26(35)31-16-38-28(2,3)24(31)27(36)37-30-19-11-7-12-19/h4-6,8-10,13-14,19,21,23-24,30,32-33H,7,11-12,15-16H2,1-3H3,(H,29,34)/t21-,23-,24+/m0/s1. The van der Waals surface area contributed by atoms with Crippen LogP contribution < -0.4 is 10.8 Å². The van der Waals surface area contributed by atoms with Crippen molar-refractivity contribution in [2.45, 2.75) is 75.4 Å². The van der Waals surface area contributed by atoms with Gasteiger partial charge < -0.3 is 25.3 Å². The lowest BCUT2D eigenvalue weighted by molar-refractivity contribution is -0.166. The van der Waals surface area contributed by atoms with Crippen molar-refractivity contribution in [2.75, 3.05) is 5.88 Å². The van der Waals surface area contributed by atoms with Crippen LogP contribution in [-0.4, -0.2) is 67.7 Å². The van der Waals surface area contributed by atoms with Crippen LogP contribution in [-0.2, 0) is 20.8 Å². The van der Waals surface area contributed by atoms with Crippen LogP contribution in [0.5, 0.6) is 5.75 Å². The Morgan fingerprint density at radius 1 is 1.13 bits per heavy atom. The Kier molecular flexibility index (Phi) is 8.64. The summed E-state index contributed by atoms with van der Waals surface area (Å²) in [6.07, 6.45) is 1.49. The summed E-state index contributed by atoms with van der Waals surface area (Å²) in [5, 5.41) is 24.2. The second-order valence-corrected chi connectivity index (χ2v) is 12.0. The number of hydrogen-bond donors (Lipinski definition) is 4. The number of nitrogens with one attached hydrogen (secondary N) is 2. The van der Waals surface area contributed by atoms with Crippen LogP contribution in [0.3, 0.4) is 0 Å². The lowest BCUT2D eigenvalue weighted by Gasteiger charge is -2.33. The van der Waals surface area contributed by atoms with Gasteiger partial charge in [0.15, 0.2) is 6.10 Å². The predicted octanol–water partition coefficient (Wildman–Crippen LogP) is 2.68. The molecular formula is C28H35N3O6S. The molecule has 0 unspecified atom stereocenters. The van der Waals surface area contributed by atoms with Crippen LogP contribution in [0.2, 0.25) is 0 Å².